The maximum Gasteiger partial charge on any atom is 0.128 e. The van der Waals surface area contributed by atoms with Gasteiger partial charge in [-0.15, -0.1) is 0 Å². The topological polar surface area (TPSA) is 56.9 Å². The quantitative estimate of drug-likeness (QED) is 0.187. The first kappa shape index (κ1) is 23.1. The second kappa shape index (κ2) is 10.7. The molecule has 0 amide bonds. The van der Waals surface area contributed by atoms with Crippen LogP contribution < -0.4 is 0 Å². The Bertz CT molecular complexity index is 996. The average molecular weight is 469 g/mol. The van der Waals surface area contributed by atoms with Crippen LogP contribution in [-0.2, 0) is 13.1 Å². The van der Waals surface area contributed by atoms with Crippen molar-refractivity contribution in [2.24, 2.45) is 0 Å². The van der Waals surface area contributed by atoms with Gasteiger partial charge in [-0.25, -0.2) is 3.63 Å². The summed E-state index contributed by atoms with van der Waals surface area (Å²) in [5, 5.41) is 16.8. The molecule has 2 N–H and O–H groups in total. The molecule has 0 saturated heterocycles. The molecule has 0 saturated carbocycles. The van der Waals surface area contributed by atoms with Crippen molar-refractivity contribution in [2.45, 2.75) is 9.49 Å². The minimum Gasteiger partial charge on any atom is -0.311 e. The molecule has 0 radical (unpaired) electrons. The van der Waals surface area contributed by atoms with Crippen molar-refractivity contribution in [1.29, 1.82) is 10.8 Å². The first-order chi connectivity index (χ1) is 16.2. The summed E-state index contributed by atoms with van der Waals surface area (Å²) in [6.07, 6.45) is 2.86. The van der Waals surface area contributed by atoms with Crippen LogP contribution in [0.1, 0.15) is 22.3 Å². The van der Waals surface area contributed by atoms with Crippen molar-refractivity contribution in [3.8, 4) is 0 Å². The summed E-state index contributed by atoms with van der Waals surface area (Å²) in [4.78, 5) is 0. The molecule has 3 nitrogen and oxygen atoms in total. The maximum atomic E-state index is 8.41. The highest BCUT2D eigenvalue weighted by molar-refractivity contribution is 8.09. The maximum absolute atomic E-state index is 8.41. The van der Waals surface area contributed by atoms with Gasteiger partial charge in [0, 0.05) is 36.5 Å². The molecule has 0 atom stereocenters. The highest BCUT2D eigenvalue weighted by atomic mass is 32.2. The standard InChI is InChI=1S/C28H24N2OS2/c29-21-27(23-13-5-1-6-14-23,24-15-7-2-8-16-24)32-31-33-28(22-30,25-17-9-3-10-18-25)26-19-11-4-12-20-26/h1-22,29-30H. The van der Waals surface area contributed by atoms with Gasteiger partial charge in [-0.3, -0.25) is 0 Å². The zero-order valence-electron chi connectivity index (χ0n) is 17.9. The lowest BCUT2D eigenvalue weighted by Gasteiger charge is -2.32. The minimum atomic E-state index is -0.823. The molecule has 0 aromatic heterocycles. The van der Waals surface area contributed by atoms with E-state index in [1.807, 2.05) is 121 Å². The Balaban J connectivity index is 1.72. The zero-order valence-corrected chi connectivity index (χ0v) is 19.6. The van der Waals surface area contributed by atoms with E-state index in [-0.39, 0.29) is 0 Å². The Morgan fingerprint density at radius 2 is 0.697 bits per heavy atom. The molecular weight excluding hydrogens is 444 g/mol. The average Bonchev–Trinajstić information content (AvgIpc) is 2.91. The first-order valence-corrected chi connectivity index (χ1v) is 12.0. The van der Waals surface area contributed by atoms with E-state index in [0.717, 1.165) is 22.3 Å². The number of benzene rings is 4. The minimum absolute atomic E-state index is 0.823. The predicted molar refractivity (Wildman–Crippen MR) is 141 cm³/mol. The van der Waals surface area contributed by atoms with E-state index >= 15 is 0 Å². The molecule has 0 aliphatic rings. The molecule has 5 heteroatoms. The van der Waals surface area contributed by atoms with Crippen molar-refractivity contribution in [2.75, 3.05) is 0 Å². The van der Waals surface area contributed by atoms with Gasteiger partial charge in [0.2, 0.25) is 0 Å². The Morgan fingerprint density at radius 3 is 0.909 bits per heavy atom. The first-order valence-electron chi connectivity index (χ1n) is 10.5. The molecule has 164 valence electrons. The molecule has 0 spiro atoms. The summed E-state index contributed by atoms with van der Waals surface area (Å²) < 4.78 is 4.65. The van der Waals surface area contributed by atoms with E-state index in [1.54, 1.807) is 0 Å². The lowest BCUT2D eigenvalue weighted by molar-refractivity contribution is 0.718. The van der Waals surface area contributed by atoms with Gasteiger partial charge >= 0.3 is 0 Å². The van der Waals surface area contributed by atoms with Crippen molar-refractivity contribution < 1.29 is 3.63 Å². The van der Waals surface area contributed by atoms with E-state index in [4.69, 9.17) is 14.4 Å². The fourth-order valence-corrected chi connectivity index (χ4v) is 5.79. The van der Waals surface area contributed by atoms with Crippen LogP contribution in [0.15, 0.2) is 121 Å². The number of nitrogens with one attached hydrogen (secondary N) is 2. The van der Waals surface area contributed by atoms with Gasteiger partial charge in [-0.1, -0.05) is 121 Å². The van der Waals surface area contributed by atoms with E-state index in [2.05, 4.69) is 0 Å². The van der Waals surface area contributed by atoms with E-state index in [0.29, 0.717) is 0 Å². The van der Waals surface area contributed by atoms with Crippen LogP contribution >= 0.6 is 24.1 Å². The van der Waals surface area contributed by atoms with Crippen LogP contribution in [0.3, 0.4) is 0 Å². The molecule has 0 fully saturated rings. The summed E-state index contributed by atoms with van der Waals surface area (Å²) in [5.41, 5.74) is 3.82. The van der Waals surface area contributed by atoms with Crippen LogP contribution in [0.2, 0.25) is 0 Å². The zero-order chi connectivity index (χ0) is 23.0. The molecule has 0 heterocycles. The smallest absolute Gasteiger partial charge is 0.128 e. The van der Waals surface area contributed by atoms with Crippen molar-refractivity contribution in [3.05, 3.63) is 144 Å². The van der Waals surface area contributed by atoms with Gasteiger partial charge in [-0.2, -0.15) is 0 Å². The largest absolute Gasteiger partial charge is 0.311 e. The van der Waals surface area contributed by atoms with Crippen LogP contribution in [0.4, 0.5) is 0 Å². The van der Waals surface area contributed by atoms with Gasteiger partial charge in [0.25, 0.3) is 0 Å². The predicted octanol–water partition coefficient (Wildman–Crippen LogP) is 7.49. The molecule has 0 aliphatic carbocycles. The third-order valence-corrected chi connectivity index (χ3v) is 7.80. The fourth-order valence-electron chi connectivity index (χ4n) is 3.77. The number of rotatable bonds is 10. The Hall–Kier alpha value is -3.12. The van der Waals surface area contributed by atoms with Crippen LogP contribution in [0, 0.1) is 10.8 Å². The summed E-state index contributed by atoms with van der Waals surface area (Å²) in [6.45, 7) is 0. The van der Waals surface area contributed by atoms with Crippen LogP contribution in [0.5, 0.6) is 0 Å². The molecule has 0 aliphatic heterocycles. The summed E-state index contributed by atoms with van der Waals surface area (Å²) in [5.74, 6) is 0. The third kappa shape index (κ3) is 4.67. The lowest BCUT2D eigenvalue weighted by atomic mass is 9.91. The SMILES string of the molecule is N=CC(SOSC(C=N)(c1ccccc1)c1ccccc1)(c1ccccc1)c1ccccc1. The summed E-state index contributed by atoms with van der Waals surface area (Å²) >= 11 is 2.45. The van der Waals surface area contributed by atoms with E-state index < -0.39 is 9.49 Å². The second-order valence-corrected chi connectivity index (χ2v) is 9.62. The molecule has 33 heavy (non-hydrogen) atoms. The van der Waals surface area contributed by atoms with Crippen molar-refractivity contribution in [3.63, 3.8) is 0 Å². The van der Waals surface area contributed by atoms with Gasteiger partial charge in [0.05, 0.1) is 0 Å². The third-order valence-electron chi connectivity index (χ3n) is 5.55. The normalized spacial score (nSPS) is 11.6. The number of hydrogen-bond acceptors (Lipinski definition) is 5. The Morgan fingerprint density at radius 1 is 0.455 bits per heavy atom. The van der Waals surface area contributed by atoms with Crippen molar-refractivity contribution in [1.82, 2.24) is 0 Å². The molecule has 4 rings (SSSR count). The second-order valence-electron chi connectivity index (χ2n) is 7.46. The Labute approximate surface area is 203 Å². The van der Waals surface area contributed by atoms with E-state index in [1.165, 1.54) is 36.5 Å². The van der Waals surface area contributed by atoms with Gasteiger partial charge in [0.15, 0.2) is 0 Å². The van der Waals surface area contributed by atoms with Crippen molar-refractivity contribution >= 4 is 36.5 Å². The molecule has 0 unspecified atom stereocenters. The van der Waals surface area contributed by atoms with Gasteiger partial charge in [0.1, 0.15) is 9.49 Å². The highest BCUT2D eigenvalue weighted by Gasteiger charge is 2.39. The molecular formula is C28H24N2OS2. The molecule has 0 bridgehead atoms. The summed E-state index contributed by atoms with van der Waals surface area (Å²) in [6, 6.07) is 39.7. The Kier molecular flexibility index (Phi) is 7.45. The van der Waals surface area contributed by atoms with Crippen LogP contribution in [0.25, 0.3) is 0 Å². The highest BCUT2D eigenvalue weighted by Crippen LogP contribution is 2.49. The molecule has 4 aromatic rings. The summed E-state index contributed by atoms with van der Waals surface area (Å²) in [7, 11) is 0. The monoisotopic (exact) mass is 468 g/mol. The fraction of sp³-hybridized carbons (Fsp3) is 0.0714. The van der Waals surface area contributed by atoms with Gasteiger partial charge < -0.3 is 10.8 Å². The van der Waals surface area contributed by atoms with Crippen LogP contribution in [-0.4, -0.2) is 12.4 Å². The lowest BCUT2D eigenvalue weighted by Crippen LogP contribution is -2.28. The molecule has 4 aromatic carbocycles. The number of hydrogen-bond donors (Lipinski definition) is 2. The van der Waals surface area contributed by atoms with Gasteiger partial charge in [-0.05, 0) is 22.3 Å². The van der Waals surface area contributed by atoms with E-state index in [9.17, 15) is 0 Å².